The number of anilines is 1. The number of amides is 1. The molecule has 0 saturated carbocycles. The highest BCUT2D eigenvalue weighted by molar-refractivity contribution is 7.99. The van der Waals surface area contributed by atoms with Crippen LogP contribution in [0.2, 0.25) is 0 Å². The molecule has 6 heteroatoms. The van der Waals surface area contributed by atoms with E-state index in [0.717, 1.165) is 21.9 Å². The van der Waals surface area contributed by atoms with Crippen LogP contribution < -0.4 is 5.32 Å². The standard InChI is InChI=1S/C21H16FNO3S/c22-16-12-10-15(11-13-16)21(25)26-14-20(24)23-18-8-4-5-9-19(18)27-17-6-2-1-3-7-17/h1-13H,14H2,(H,23,24). The van der Waals surface area contributed by atoms with E-state index in [-0.39, 0.29) is 5.56 Å². The summed E-state index contributed by atoms with van der Waals surface area (Å²) in [6, 6.07) is 22.1. The molecule has 3 rings (SSSR count). The fourth-order valence-corrected chi connectivity index (χ4v) is 3.18. The lowest BCUT2D eigenvalue weighted by atomic mass is 10.2. The highest BCUT2D eigenvalue weighted by Crippen LogP contribution is 2.33. The average molecular weight is 381 g/mol. The van der Waals surface area contributed by atoms with E-state index in [0.29, 0.717) is 5.69 Å². The molecule has 3 aromatic carbocycles. The third-order valence-electron chi connectivity index (χ3n) is 3.55. The third kappa shape index (κ3) is 5.43. The smallest absolute Gasteiger partial charge is 0.338 e. The molecule has 0 aromatic heterocycles. The molecule has 0 heterocycles. The molecule has 27 heavy (non-hydrogen) atoms. The number of para-hydroxylation sites is 1. The van der Waals surface area contributed by atoms with E-state index >= 15 is 0 Å². The minimum Gasteiger partial charge on any atom is -0.452 e. The van der Waals surface area contributed by atoms with Crippen molar-refractivity contribution in [3.63, 3.8) is 0 Å². The van der Waals surface area contributed by atoms with Crippen LogP contribution in [0.4, 0.5) is 10.1 Å². The lowest BCUT2D eigenvalue weighted by Gasteiger charge is -2.11. The van der Waals surface area contributed by atoms with Crippen LogP contribution in [-0.2, 0) is 9.53 Å². The number of benzene rings is 3. The van der Waals surface area contributed by atoms with Gasteiger partial charge in [-0.05, 0) is 48.5 Å². The van der Waals surface area contributed by atoms with Crippen LogP contribution in [0.3, 0.4) is 0 Å². The first kappa shape index (κ1) is 18.7. The van der Waals surface area contributed by atoms with Gasteiger partial charge in [-0.15, -0.1) is 0 Å². The Morgan fingerprint density at radius 2 is 1.56 bits per heavy atom. The molecule has 0 saturated heterocycles. The van der Waals surface area contributed by atoms with E-state index in [9.17, 15) is 14.0 Å². The van der Waals surface area contributed by atoms with Crippen LogP contribution in [-0.4, -0.2) is 18.5 Å². The largest absolute Gasteiger partial charge is 0.452 e. The second-order valence-electron chi connectivity index (χ2n) is 5.54. The van der Waals surface area contributed by atoms with Crippen molar-refractivity contribution >= 4 is 29.3 Å². The topological polar surface area (TPSA) is 55.4 Å². The van der Waals surface area contributed by atoms with Crippen molar-refractivity contribution in [2.45, 2.75) is 9.79 Å². The van der Waals surface area contributed by atoms with Gasteiger partial charge in [0.05, 0.1) is 11.3 Å². The summed E-state index contributed by atoms with van der Waals surface area (Å²) in [5, 5.41) is 2.75. The summed E-state index contributed by atoms with van der Waals surface area (Å²) in [6.45, 7) is -0.430. The van der Waals surface area contributed by atoms with Gasteiger partial charge in [0.2, 0.25) is 0 Å². The Balaban J connectivity index is 1.59. The van der Waals surface area contributed by atoms with E-state index in [1.807, 2.05) is 48.5 Å². The Bertz CT molecular complexity index is 930. The van der Waals surface area contributed by atoms with Crippen molar-refractivity contribution in [2.75, 3.05) is 11.9 Å². The van der Waals surface area contributed by atoms with Gasteiger partial charge in [-0.3, -0.25) is 4.79 Å². The number of ether oxygens (including phenoxy) is 1. The summed E-state index contributed by atoms with van der Waals surface area (Å²) >= 11 is 1.52. The predicted octanol–water partition coefficient (Wildman–Crippen LogP) is 4.77. The van der Waals surface area contributed by atoms with Gasteiger partial charge in [0.1, 0.15) is 5.82 Å². The quantitative estimate of drug-likeness (QED) is 0.625. The SMILES string of the molecule is O=C(COC(=O)c1ccc(F)cc1)Nc1ccccc1Sc1ccccc1. The van der Waals surface area contributed by atoms with Crippen LogP contribution in [0, 0.1) is 5.82 Å². The molecule has 0 radical (unpaired) electrons. The lowest BCUT2D eigenvalue weighted by Crippen LogP contribution is -2.21. The molecule has 1 amide bonds. The zero-order valence-electron chi connectivity index (χ0n) is 14.2. The summed E-state index contributed by atoms with van der Waals surface area (Å²) < 4.78 is 17.9. The van der Waals surface area contributed by atoms with Crippen molar-refractivity contribution in [3.05, 3.63) is 90.2 Å². The van der Waals surface area contributed by atoms with E-state index in [1.54, 1.807) is 6.07 Å². The molecular weight excluding hydrogens is 365 g/mol. The summed E-state index contributed by atoms with van der Waals surface area (Å²) in [5.41, 5.74) is 0.818. The van der Waals surface area contributed by atoms with Gasteiger partial charge < -0.3 is 10.1 Å². The van der Waals surface area contributed by atoms with E-state index in [2.05, 4.69) is 5.32 Å². The third-order valence-corrected chi connectivity index (χ3v) is 4.63. The number of esters is 1. The average Bonchev–Trinajstić information content (AvgIpc) is 2.69. The Labute approximate surface area is 160 Å². The van der Waals surface area contributed by atoms with Gasteiger partial charge in [-0.1, -0.05) is 42.1 Å². The first-order valence-corrected chi connectivity index (χ1v) is 8.98. The van der Waals surface area contributed by atoms with Crippen molar-refractivity contribution in [3.8, 4) is 0 Å². The second kappa shape index (κ2) is 9.00. The predicted molar refractivity (Wildman–Crippen MR) is 102 cm³/mol. The molecule has 0 fully saturated rings. The van der Waals surface area contributed by atoms with Crippen molar-refractivity contribution < 1.29 is 18.7 Å². The number of halogens is 1. The fraction of sp³-hybridized carbons (Fsp3) is 0.0476. The summed E-state index contributed by atoms with van der Waals surface area (Å²) in [5.74, 6) is -1.58. The number of rotatable bonds is 6. The molecule has 0 spiro atoms. The van der Waals surface area contributed by atoms with Crippen LogP contribution in [0.25, 0.3) is 0 Å². The zero-order valence-corrected chi connectivity index (χ0v) is 15.0. The van der Waals surface area contributed by atoms with E-state index < -0.39 is 24.3 Å². The fourth-order valence-electron chi connectivity index (χ4n) is 2.26. The number of hydrogen-bond donors (Lipinski definition) is 1. The van der Waals surface area contributed by atoms with E-state index in [1.165, 1.54) is 23.9 Å². The molecule has 136 valence electrons. The zero-order chi connectivity index (χ0) is 19.1. The van der Waals surface area contributed by atoms with Crippen molar-refractivity contribution in [1.82, 2.24) is 0 Å². The molecule has 0 aliphatic rings. The molecule has 0 bridgehead atoms. The maximum atomic E-state index is 12.9. The van der Waals surface area contributed by atoms with E-state index in [4.69, 9.17) is 4.74 Å². The Morgan fingerprint density at radius 1 is 0.889 bits per heavy atom. The van der Waals surface area contributed by atoms with Crippen LogP contribution in [0.1, 0.15) is 10.4 Å². The van der Waals surface area contributed by atoms with Crippen molar-refractivity contribution in [2.24, 2.45) is 0 Å². The Kier molecular flexibility index (Phi) is 6.22. The summed E-state index contributed by atoms with van der Waals surface area (Å²) in [4.78, 5) is 26.0. The van der Waals surface area contributed by atoms with Crippen LogP contribution in [0.5, 0.6) is 0 Å². The minimum atomic E-state index is -0.683. The molecule has 0 unspecified atom stereocenters. The molecule has 0 atom stereocenters. The normalized spacial score (nSPS) is 10.3. The molecule has 0 aliphatic carbocycles. The highest BCUT2D eigenvalue weighted by atomic mass is 32.2. The Hall–Kier alpha value is -3.12. The van der Waals surface area contributed by atoms with Crippen molar-refractivity contribution in [1.29, 1.82) is 0 Å². The monoisotopic (exact) mass is 381 g/mol. The lowest BCUT2D eigenvalue weighted by molar-refractivity contribution is -0.119. The molecule has 3 aromatic rings. The minimum absolute atomic E-state index is 0.184. The first-order valence-electron chi connectivity index (χ1n) is 8.16. The van der Waals surface area contributed by atoms with Crippen LogP contribution in [0.15, 0.2) is 88.7 Å². The highest BCUT2D eigenvalue weighted by Gasteiger charge is 2.12. The molecule has 4 nitrogen and oxygen atoms in total. The number of nitrogens with one attached hydrogen (secondary N) is 1. The molecule has 1 N–H and O–H groups in total. The first-order chi connectivity index (χ1) is 13.1. The number of carbonyl (C=O) groups is 2. The maximum Gasteiger partial charge on any atom is 0.338 e. The number of hydrogen-bond acceptors (Lipinski definition) is 4. The molecular formula is C21H16FNO3S. The Morgan fingerprint density at radius 3 is 2.30 bits per heavy atom. The van der Waals surface area contributed by atoms with Gasteiger partial charge in [0.15, 0.2) is 6.61 Å². The number of carbonyl (C=O) groups excluding carboxylic acids is 2. The summed E-state index contributed by atoms with van der Waals surface area (Å²) in [7, 11) is 0. The van der Waals surface area contributed by atoms with Gasteiger partial charge in [-0.2, -0.15) is 0 Å². The summed E-state index contributed by atoms with van der Waals surface area (Å²) in [6.07, 6.45) is 0. The molecule has 0 aliphatic heterocycles. The van der Waals surface area contributed by atoms with Gasteiger partial charge in [0, 0.05) is 9.79 Å². The van der Waals surface area contributed by atoms with Crippen LogP contribution >= 0.6 is 11.8 Å². The maximum absolute atomic E-state index is 12.9. The van der Waals surface area contributed by atoms with Gasteiger partial charge in [-0.25, -0.2) is 9.18 Å². The van der Waals surface area contributed by atoms with Gasteiger partial charge in [0.25, 0.3) is 5.91 Å². The van der Waals surface area contributed by atoms with Gasteiger partial charge >= 0.3 is 5.97 Å². The second-order valence-corrected chi connectivity index (χ2v) is 6.66.